The zero-order chi connectivity index (χ0) is 17.3. The van der Waals surface area contributed by atoms with Crippen LogP contribution in [0.4, 0.5) is 0 Å². The van der Waals surface area contributed by atoms with Crippen molar-refractivity contribution in [1.29, 1.82) is 0 Å². The van der Waals surface area contributed by atoms with Crippen LogP contribution in [0.2, 0.25) is 0 Å². The number of nitrogens with two attached hydrogens (primary N) is 1. The van der Waals surface area contributed by atoms with Crippen LogP contribution in [-0.2, 0) is 11.3 Å². The molecule has 1 amide bonds. The lowest BCUT2D eigenvalue weighted by Crippen LogP contribution is -2.54. The molecule has 0 aromatic heterocycles. The van der Waals surface area contributed by atoms with Crippen LogP contribution in [0, 0.1) is 12.3 Å². The van der Waals surface area contributed by atoms with Gasteiger partial charge in [-0.25, -0.2) is 0 Å². The van der Waals surface area contributed by atoms with Gasteiger partial charge < -0.3 is 10.6 Å². The largest absolute Gasteiger partial charge is 0.334 e. The van der Waals surface area contributed by atoms with Crippen molar-refractivity contribution in [3.63, 3.8) is 0 Å². The Morgan fingerprint density at radius 2 is 1.92 bits per heavy atom. The summed E-state index contributed by atoms with van der Waals surface area (Å²) in [5, 5.41) is 0. The predicted octanol–water partition coefficient (Wildman–Crippen LogP) is 2.55. The average molecular weight is 329 g/mol. The molecule has 0 bridgehead atoms. The molecule has 1 aromatic rings. The Hall–Kier alpha value is -1.39. The molecule has 0 radical (unpaired) electrons. The quantitative estimate of drug-likeness (QED) is 0.903. The van der Waals surface area contributed by atoms with Crippen molar-refractivity contribution in [2.45, 2.75) is 58.7 Å². The van der Waals surface area contributed by atoms with E-state index in [1.165, 1.54) is 11.1 Å². The van der Waals surface area contributed by atoms with Crippen LogP contribution in [-0.4, -0.2) is 47.4 Å². The summed E-state index contributed by atoms with van der Waals surface area (Å²) in [6, 6.07) is 9.20. The maximum Gasteiger partial charge on any atom is 0.237 e. The molecule has 1 atom stereocenters. The molecular weight excluding hydrogens is 298 g/mol. The first kappa shape index (κ1) is 17.4. The molecule has 24 heavy (non-hydrogen) atoms. The van der Waals surface area contributed by atoms with Gasteiger partial charge in [-0.15, -0.1) is 0 Å². The number of benzene rings is 1. The van der Waals surface area contributed by atoms with E-state index in [2.05, 4.69) is 54.8 Å². The van der Waals surface area contributed by atoms with E-state index in [-0.39, 0.29) is 17.4 Å². The van der Waals surface area contributed by atoms with Crippen LogP contribution in [0.3, 0.4) is 0 Å². The summed E-state index contributed by atoms with van der Waals surface area (Å²) in [5.41, 5.74) is 8.78. The Kier molecular flexibility index (Phi) is 4.97. The lowest BCUT2D eigenvalue weighted by Gasteiger charge is -2.42. The average Bonchev–Trinajstić information content (AvgIpc) is 3.34. The molecule has 1 heterocycles. The molecule has 1 aliphatic heterocycles. The van der Waals surface area contributed by atoms with Crippen molar-refractivity contribution in [2.24, 2.45) is 11.1 Å². The lowest BCUT2D eigenvalue weighted by atomic mass is 9.80. The van der Waals surface area contributed by atoms with Gasteiger partial charge in [0.2, 0.25) is 5.91 Å². The Bertz CT molecular complexity index is 577. The highest BCUT2D eigenvalue weighted by atomic mass is 16.2. The summed E-state index contributed by atoms with van der Waals surface area (Å²) in [6.45, 7) is 9.61. The Morgan fingerprint density at radius 1 is 1.25 bits per heavy atom. The van der Waals surface area contributed by atoms with Crippen LogP contribution in [0.1, 0.15) is 44.2 Å². The van der Waals surface area contributed by atoms with Crippen molar-refractivity contribution in [3.05, 3.63) is 35.4 Å². The minimum atomic E-state index is 0.0832. The summed E-state index contributed by atoms with van der Waals surface area (Å²) in [7, 11) is 0. The smallest absolute Gasteiger partial charge is 0.237 e. The Labute approximate surface area is 146 Å². The van der Waals surface area contributed by atoms with Crippen LogP contribution in [0.5, 0.6) is 0 Å². The van der Waals surface area contributed by atoms with Gasteiger partial charge in [-0.2, -0.15) is 0 Å². The van der Waals surface area contributed by atoms with Gasteiger partial charge >= 0.3 is 0 Å². The first-order valence-electron chi connectivity index (χ1n) is 9.18. The molecule has 3 rings (SSSR count). The normalized spacial score (nSPS) is 23.9. The van der Waals surface area contributed by atoms with Gasteiger partial charge in [0.05, 0.1) is 6.54 Å². The predicted molar refractivity (Wildman–Crippen MR) is 97.6 cm³/mol. The molecule has 4 nitrogen and oxygen atoms in total. The van der Waals surface area contributed by atoms with Crippen molar-refractivity contribution in [1.82, 2.24) is 9.80 Å². The molecule has 1 aromatic carbocycles. The van der Waals surface area contributed by atoms with E-state index in [4.69, 9.17) is 5.73 Å². The molecule has 2 N–H and O–H groups in total. The molecule has 1 saturated heterocycles. The fourth-order valence-electron chi connectivity index (χ4n) is 3.60. The number of piperidine rings is 1. The highest BCUT2D eigenvalue weighted by Crippen LogP contribution is 2.30. The second kappa shape index (κ2) is 6.85. The van der Waals surface area contributed by atoms with Gasteiger partial charge in [0.25, 0.3) is 0 Å². The number of hydrogen-bond donors (Lipinski definition) is 1. The van der Waals surface area contributed by atoms with E-state index in [0.29, 0.717) is 12.6 Å². The van der Waals surface area contributed by atoms with Crippen LogP contribution < -0.4 is 5.73 Å². The number of amides is 1. The van der Waals surface area contributed by atoms with Crippen molar-refractivity contribution >= 4 is 5.91 Å². The van der Waals surface area contributed by atoms with Gasteiger partial charge in [-0.05, 0) is 37.2 Å². The Balaban J connectivity index is 1.62. The summed E-state index contributed by atoms with van der Waals surface area (Å²) in [4.78, 5) is 17.3. The molecule has 0 spiro atoms. The van der Waals surface area contributed by atoms with Crippen molar-refractivity contribution < 1.29 is 4.79 Å². The van der Waals surface area contributed by atoms with Gasteiger partial charge in [-0.1, -0.05) is 43.7 Å². The number of carbonyl (C=O) groups is 1. The number of nitrogens with zero attached hydrogens (tertiary/aromatic N) is 2. The zero-order valence-electron chi connectivity index (χ0n) is 15.3. The van der Waals surface area contributed by atoms with Gasteiger partial charge in [0.15, 0.2) is 0 Å². The van der Waals surface area contributed by atoms with E-state index in [9.17, 15) is 4.79 Å². The summed E-state index contributed by atoms with van der Waals surface area (Å²) >= 11 is 0. The number of hydrogen-bond acceptors (Lipinski definition) is 3. The summed E-state index contributed by atoms with van der Waals surface area (Å²) in [6.07, 6.45) is 3.27. The number of carbonyl (C=O) groups excluding carboxylic acids is 1. The molecule has 4 heteroatoms. The number of aryl methyl sites for hydroxylation is 1. The third kappa shape index (κ3) is 4.17. The third-order valence-corrected chi connectivity index (χ3v) is 5.53. The zero-order valence-corrected chi connectivity index (χ0v) is 15.3. The Morgan fingerprint density at radius 3 is 2.50 bits per heavy atom. The van der Waals surface area contributed by atoms with E-state index >= 15 is 0 Å². The van der Waals surface area contributed by atoms with E-state index < -0.39 is 0 Å². The minimum absolute atomic E-state index is 0.0832. The molecule has 2 aliphatic rings. The number of likely N-dealkylation sites (tertiary alicyclic amines) is 1. The van der Waals surface area contributed by atoms with Gasteiger partial charge in [0.1, 0.15) is 0 Å². The fourth-order valence-corrected chi connectivity index (χ4v) is 3.60. The molecule has 2 fully saturated rings. The van der Waals surface area contributed by atoms with Crippen molar-refractivity contribution in [3.8, 4) is 0 Å². The second-order valence-electron chi connectivity index (χ2n) is 8.33. The molecule has 1 saturated carbocycles. The monoisotopic (exact) mass is 329 g/mol. The van der Waals surface area contributed by atoms with Crippen LogP contribution >= 0.6 is 0 Å². The second-order valence-corrected chi connectivity index (χ2v) is 8.33. The maximum atomic E-state index is 12.9. The third-order valence-electron chi connectivity index (χ3n) is 5.53. The first-order chi connectivity index (χ1) is 11.3. The standard InChI is InChI=1S/C20H31N3O/c1-15-4-6-16(7-5-15)12-23(17-8-9-17)19(24)13-22-11-10-18(21)20(2,3)14-22/h4-7,17-18H,8-14,21H2,1-3H3. The van der Waals surface area contributed by atoms with Crippen molar-refractivity contribution in [2.75, 3.05) is 19.6 Å². The first-order valence-corrected chi connectivity index (χ1v) is 9.18. The van der Waals surface area contributed by atoms with Gasteiger partial charge in [0, 0.05) is 31.7 Å². The molecule has 1 unspecified atom stereocenters. The fraction of sp³-hybridized carbons (Fsp3) is 0.650. The van der Waals surface area contributed by atoms with E-state index in [1.807, 2.05) is 0 Å². The summed E-state index contributed by atoms with van der Waals surface area (Å²) in [5.74, 6) is 0.268. The lowest BCUT2D eigenvalue weighted by molar-refractivity contribution is -0.134. The minimum Gasteiger partial charge on any atom is -0.334 e. The van der Waals surface area contributed by atoms with Gasteiger partial charge in [-0.3, -0.25) is 9.69 Å². The molecule has 1 aliphatic carbocycles. The highest BCUT2D eigenvalue weighted by Gasteiger charge is 2.37. The molecule has 132 valence electrons. The number of rotatable bonds is 5. The van der Waals surface area contributed by atoms with E-state index in [0.717, 1.165) is 38.9 Å². The molecular formula is C20H31N3O. The van der Waals surface area contributed by atoms with Crippen LogP contribution in [0.25, 0.3) is 0 Å². The summed E-state index contributed by atoms with van der Waals surface area (Å²) < 4.78 is 0. The van der Waals surface area contributed by atoms with Crippen LogP contribution in [0.15, 0.2) is 24.3 Å². The topological polar surface area (TPSA) is 49.6 Å². The van der Waals surface area contributed by atoms with E-state index in [1.54, 1.807) is 0 Å². The maximum absolute atomic E-state index is 12.9. The highest BCUT2D eigenvalue weighted by molar-refractivity contribution is 5.79. The SMILES string of the molecule is Cc1ccc(CN(C(=O)CN2CCC(N)C(C)(C)C2)C2CC2)cc1.